The molecule has 0 unspecified atom stereocenters. The zero-order chi connectivity index (χ0) is 4.50. The van der Waals surface area contributed by atoms with Gasteiger partial charge in [0, 0.05) is 0 Å². The number of hydrogen-bond acceptors (Lipinski definition) is 4. The van der Waals surface area contributed by atoms with Gasteiger partial charge in [0.25, 0.3) is 0 Å². The van der Waals surface area contributed by atoms with Gasteiger partial charge in [0.05, 0.1) is 0 Å². The summed E-state index contributed by atoms with van der Waals surface area (Å²) in [6, 6.07) is 0. The van der Waals surface area contributed by atoms with Crippen molar-refractivity contribution in [3.8, 4) is 0 Å². The van der Waals surface area contributed by atoms with Crippen molar-refractivity contribution >= 4 is 7.82 Å². The third kappa shape index (κ3) is 375. The van der Waals surface area contributed by atoms with E-state index in [4.69, 9.17) is 19.2 Å². The van der Waals surface area contributed by atoms with Gasteiger partial charge >= 0.3 is 86.0 Å². The maximum absolute atomic E-state index is 8.55. The summed E-state index contributed by atoms with van der Waals surface area (Å²) in [7, 11) is -5.39. The SMILES string of the molecule is O=P([O-])([O-])[O-].[Cs+].[Fe+2].[OH3+].[OH3+].[OH3+].[OH3+].[OH3+].[OH3+]. The Labute approximate surface area is 143 Å². The normalized spacial score (nSPS) is 4.54. The fourth-order valence-electron chi connectivity index (χ4n) is 0. The summed E-state index contributed by atoms with van der Waals surface area (Å²) in [5, 5.41) is 0. The van der Waals surface area contributed by atoms with E-state index in [2.05, 4.69) is 0 Å². The average molecular weight is 398 g/mol. The molecule has 0 saturated carbocycles. The second-order valence-electron chi connectivity index (χ2n) is 0.447. The molecule has 86 valence electrons. The van der Waals surface area contributed by atoms with Gasteiger partial charge in [0.1, 0.15) is 0 Å². The van der Waals surface area contributed by atoms with Crippen LogP contribution in [0.4, 0.5) is 0 Å². The molecule has 0 aliphatic rings. The van der Waals surface area contributed by atoms with E-state index in [0.29, 0.717) is 0 Å². The van der Waals surface area contributed by atoms with Gasteiger partial charge < -0.3 is 52.1 Å². The first-order valence-electron chi connectivity index (χ1n) is 0.730. The topological polar surface area (TPSA) is 284 Å². The van der Waals surface area contributed by atoms with E-state index >= 15 is 0 Å². The van der Waals surface area contributed by atoms with Crippen molar-refractivity contribution in [2.24, 2.45) is 0 Å². The van der Waals surface area contributed by atoms with E-state index < -0.39 is 7.82 Å². The fourth-order valence-corrected chi connectivity index (χ4v) is 0. The minimum Gasteiger partial charge on any atom is -0.822 e. The molecule has 0 amide bonds. The van der Waals surface area contributed by atoms with Crippen LogP contribution in [0.1, 0.15) is 0 Å². The molecule has 0 atom stereocenters. The Bertz CT molecular complexity index is 61.1. The Kier molecular flexibility index (Phi) is 219. The molecule has 0 fully saturated rings. The van der Waals surface area contributed by atoms with Crippen molar-refractivity contribution in [2.45, 2.75) is 0 Å². The Morgan fingerprint density at radius 2 is 0.692 bits per heavy atom. The van der Waals surface area contributed by atoms with Crippen LogP contribution >= 0.6 is 7.82 Å². The minimum atomic E-state index is -5.39. The fraction of sp³-hybridized carbons (Fsp3) is 0. The van der Waals surface area contributed by atoms with E-state index in [0.717, 1.165) is 0 Å². The van der Waals surface area contributed by atoms with Crippen molar-refractivity contribution in [1.82, 2.24) is 0 Å². The summed E-state index contributed by atoms with van der Waals surface area (Å²) in [5.41, 5.74) is 0. The molecule has 0 aromatic rings. The minimum absolute atomic E-state index is 0. The zero-order valence-corrected chi connectivity index (χ0v) is 15.2. The molecule has 0 bridgehead atoms. The quantitative estimate of drug-likeness (QED) is 0.218. The van der Waals surface area contributed by atoms with Crippen LogP contribution in [0.3, 0.4) is 0 Å². The van der Waals surface area contributed by atoms with Gasteiger partial charge in [0.15, 0.2) is 0 Å². The molecule has 0 aliphatic heterocycles. The summed E-state index contributed by atoms with van der Waals surface area (Å²) in [4.78, 5) is 25.6. The van der Waals surface area contributed by atoms with Crippen molar-refractivity contribution in [3.05, 3.63) is 0 Å². The average Bonchev–Trinajstić information content (AvgIpc) is 0.722. The van der Waals surface area contributed by atoms with Crippen LogP contribution in [0.2, 0.25) is 0 Å². The number of hydrogen-bond donors (Lipinski definition) is 0. The van der Waals surface area contributed by atoms with Crippen molar-refractivity contribution < 1.29 is 138 Å². The maximum Gasteiger partial charge on any atom is 2.00 e. The predicted molar refractivity (Wildman–Crippen MR) is 36.8 cm³/mol. The molecule has 0 rings (SSSR count). The molecule has 0 saturated heterocycles. The van der Waals surface area contributed by atoms with Crippen molar-refractivity contribution in [2.75, 3.05) is 0 Å². The summed E-state index contributed by atoms with van der Waals surface area (Å²) in [6.07, 6.45) is 0. The molecule has 0 spiro atoms. The molecule has 0 aliphatic carbocycles. The Morgan fingerprint density at radius 1 is 0.692 bits per heavy atom. The van der Waals surface area contributed by atoms with Crippen LogP contribution in [0.25, 0.3) is 0 Å². The molecule has 0 aromatic heterocycles. The molecule has 13 heteroatoms. The van der Waals surface area contributed by atoms with Gasteiger partial charge in [-0.25, -0.2) is 0 Å². The molecule has 0 aromatic carbocycles. The third-order valence-electron chi connectivity index (χ3n) is 0. The van der Waals surface area contributed by atoms with Gasteiger partial charge in [-0.2, -0.15) is 7.82 Å². The van der Waals surface area contributed by atoms with Crippen LogP contribution in [-0.4, -0.2) is 0 Å². The Balaban J connectivity index is -0.00000000286. The van der Waals surface area contributed by atoms with Gasteiger partial charge in [-0.1, -0.05) is 0 Å². The smallest absolute Gasteiger partial charge is 0.822 e. The first-order valence-corrected chi connectivity index (χ1v) is 2.19. The van der Waals surface area contributed by atoms with Gasteiger partial charge in [-0.3, -0.25) is 0 Å². The molecule has 18 N–H and O–H groups in total. The molecule has 10 nitrogen and oxygen atoms in total. The van der Waals surface area contributed by atoms with Crippen LogP contribution in [0.5, 0.6) is 0 Å². The van der Waals surface area contributed by atoms with E-state index in [1.807, 2.05) is 0 Å². The molecule has 0 heterocycles. The second kappa shape index (κ2) is 36.6. The van der Waals surface area contributed by atoms with E-state index in [9.17, 15) is 0 Å². The maximum atomic E-state index is 8.55. The summed E-state index contributed by atoms with van der Waals surface area (Å²) in [6.45, 7) is 0. The summed E-state index contributed by atoms with van der Waals surface area (Å²) < 4.78 is 8.55. The molecule has 0 radical (unpaired) electrons. The standard InChI is InChI=1S/Cs.Fe.H3O4P.6H2O/c;;1-5(2,3)4;;;;;;/h;;(H3,1,2,3,4);6*1H2/q+1;+2;;;;;;;/p+3. The Morgan fingerprint density at radius 3 is 0.692 bits per heavy atom. The van der Waals surface area contributed by atoms with E-state index in [-0.39, 0.29) is 119 Å². The van der Waals surface area contributed by atoms with Gasteiger partial charge in [-0.15, -0.1) is 0 Å². The monoisotopic (exact) mass is 398 g/mol. The van der Waals surface area contributed by atoms with Crippen molar-refractivity contribution in [3.63, 3.8) is 0 Å². The van der Waals surface area contributed by atoms with Crippen LogP contribution in [0, 0.1) is 0 Å². The van der Waals surface area contributed by atoms with E-state index in [1.54, 1.807) is 0 Å². The van der Waals surface area contributed by atoms with Gasteiger partial charge in [0.2, 0.25) is 0 Å². The van der Waals surface area contributed by atoms with Crippen molar-refractivity contribution in [1.29, 1.82) is 0 Å². The Hall–Kier alpha value is 2.44. The largest absolute Gasteiger partial charge is 2.00 e. The van der Waals surface area contributed by atoms with Crippen LogP contribution in [-0.2, 0) is 54.5 Å². The zero-order valence-electron chi connectivity index (χ0n) is 6.90. The number of rotatable bonds is 0. The van der Waals surface area contributed by atoms with Crippen LogP contribution < -0.4 is 83.6 Å². The molecular weight excluding hydrogens is 380 g/mol. The predicted octanol–water partition coefficient (Wildman–Crippen LogP) is -11.4. The number of phosphoric acid groups is 1. The third-order valence-corrected chi connectivity index (χ3v) is 0. The van der Waals surface area contributed by atoms with Gasteiger partial charge in [-0.05, 0) is 0 Å². The van der Waals surface area contributed by atoms with Crippen LogP contribution in [0.15, 0.2) is 0 Å². The first-order chi connectivity index (χ1) is 2.00. The molecule has 13 heavy (non-hydrogen) atoms. The second-order valence-corrected chi connectivity index (χ2v) is 1.34. The first kappa shape index (κ1) is 77.6. The molecular formula is H18CsFeO10P+6. The summed E-state index contributed by atoms with van der Waals surface area (Å²) in [5.74, 6) is 0. The summed E-state index contributed by atoms with van der Waals surface area (Å²) >= 11 is 0. The van der Waals surface area contributed by atoms with E-state index in [1.165, 1.54) is 0 Å².